The summed E-state index contributed by atoms with van der Waals surface area (Å²) in [5, 5.41) is 3.98. The standard InChI is InChI=1S/C24H30Cl3N3O4S/c1-15-19(26)8-7-9-21(15)30(35(6,33)34)14-22(31)29(16(2)23(32)28-24(3,4)5)13-17-10-11-18(25)12-20(17)27/h7-12,16H,13-14H2,1-6H3,(H,28,32)/t16-/m0/s1. The van der Waals surface area contributed by atoms with E-state index in [-0.39, 0.29) is 18.1 Å². The van der Waals surface area contributed by atoms with Gasteiger partial charge in [0, 0.05) is 27.2 Å². The van der Waals surface area contributed by atoms with Gasteiger partial charge in [0.05, 0.1) is 11.9 Å². The second-order valence-corrected chi connectivity index (χ2v) is 12.5. The fourth-order valence-corrected chi connectivity index (χ4v) is 4.89. The molecule has 2 rings (SSSR count). The maximum Gasteiger partial charge on any atom is 0.244 e. The third-order valence-corrected chi connectivity index (χ3v) is 7.33. The Morgan fingerprint density at radius 2 is 1.69 bits per heavy atom. The van der Waals surface area contributed by atoms with Gasteiger partial charge in [-0.05, 0) is 70.0 Å². The van der Waals surface area contributed by atoms with Gasteiger partial charge in [-0.25, -0.2) is 8.42 Å². The van der Waals surface area contributed by atoms with Crippen molar-refractivity contribution in [3.63, 3.8) is 0 Å². The highest BCUT2D eigenvalue weighted by Gasteiger charge is 2.32. The predicted octanol–water partition coefficient (Wildman–Crippen LogP) is 5.05. The maximum absolute atomic E-state index is 13.6. The van der Waals surface area contributed by atoms with Crippen LogP contribution >= 0.6 is 34.8 Å². The molecule has 1 N–H and O–H groups in total. The van der Waals surface area contributed by atoms with E-state index in [2.05, 4.69) is 5.32 Å². The zero-order chi connectivity index (χ0) is 26.7. The molecule has 2 aromatic carbocycles. The lowest BCUT2D eigenvalue weighted by Crippen LogP contribution is -2.54. The van der Waals surface area contributed by atoms with E-state index in [1.807, 2.05) is 20.8 Å². The Morgan fingerprint density at radius 3 is 2.23 bits per heavy atom. The molecule has 0 unspecified atom stereocenters. The van der Waals surface area contributed by atoms with Crippen molar-refractivity contribution < 1.29 is 18.0 Å². The molecule has 0 aliphatic heterocycles. The molecule has 7 nitrogen and oxygen atoms in total. The van der Waals surface area contributed by atoms with Gasteiger partial charge in [-0.1, -0.05) is 46.9 Å². The Hall–Kier alpha value is -2.00. The van der Waals surface area contributed by atoms with Crippen molar-refractivity contribution in [2.45, 2.75) is 52.7 Å². The van der Waals surface area contributed by atoms with Crippen LogP contribution in [0, 0.1) is 6.92 Å². The normalized spacial score (nSPS) is 12.7. The van der Waals surface area contributed by atoms with Gasteiger partial charge in [0.15, 0.2) is 0 Å². The van der Waals surface area contributed by atoms with Crippen LogP contribution in [-0.4, -0.2) is 49.5 Å². The Bertz CT molecular complexity index is 1210. The summed E-state index contributed by atoms with van der Waals surface area (Å²) in [4.78, 5) is 27.9. The van der Waals surface area contributed by atoms with E-state index in [1.54, 1.807) is 50.2 Å². The van der Waals surface area contributed by atoms with Crippen molar-refractivity contribution in [1.29, 1.82) is 0 Å². The Morgan fingerprint density at radius 1 is 1.06 bits per heavy atom. The Kier molecular flexibility index (Phi) is 9.50. The van der Waals surface area contributed by atoms with E-state index < -0.39 is 34.1 Å². The van der Waals surface area contributed by atoms with Gasteiger partial charge >= 0.3 is 0 Å². The summed E-state index contributed by atoms with van der Waals surface area (Å²) in [6.07, 6.45) is 1.01. The summed E-state index contributed by atoms with van der Waals surface area (Å²) in [6.45, 7) is 8.18. The molecule has 0 heterocycles. The number of hydrogen-bond acceptors (Lipinski definition) is 4. The van der Waals surface area contributed by atoms with Gasteiger partial charge in [0.25, 0.3) is 0 Å². The predicted molar refractivity (Wildman–Crippen MR) is 143 cm³/mol. The molecule has 0 radical (unpaired) electrons. The highest BCUT2D eigenvalue weighted by molar-refractivity contribution is 7.92. The van der Waals surface area contributed by atoms with E-state index in [9.17, 15) is 18.0 Å². The number of carbonyl (C=O) groups is 2. The van der Waals surface area contributed by atoms with Crippen LogP contribution in [0.1, 0.15) is 38.8 Å². The minimum Gasteiger partial charge on any atom is -0.350 e. The first kappa shape index (κ1) is 29.2. The van der Waals surface area contributed by atoms with Gasteiger partial charge in [-0.3, -0.25) is 13.9 Å². The number of carbonyl (C=O) groups excluding carboxylic acids is 2. The van der Waals surface area contributed by atoms with Gasteiger partial charge in [0.1, 0.15) is 12.6 Å². The highest BCUT2D eigenvalue weighted by atomic mass is 35.5. The van der Waals surface area contributed by atoms with Crippen LogP contribution in [-0.2, 0) is 26.2 Å². The van der Waals surface area contributed by atoms with E-state index in [4.69, 9.17) is 34.8 Å². The summed E-state index contributed by atoms with van der Waals surface area (Å²) in [6, 6.07) is 8.73. The van der Waals surface area contributed by atoms with Crippen molar-refractivity contribution in [3.8, 4) is 0 Å². The van der Waals surface area contributed by atoms with Crippen molar-refractivity contribution in [3.05, 3.63) is 62.6 Å². The number of halogens is 3. The molecule has 0 aliphatic carbocycles. The summed E-state index contributed by atoms with van der Waals surface area (Å²) >= 11 is 18.5. The maximum atomic E-state index is 13.6. The highest BCUT2D eigenvalue weighted by Crippen LogP contribution is 2.29. The van der Waals surface area contributed by atoms with Crippen molar-refractivity contribution in [2.75, 3.05) is 17.1 Å². The number of nitrogens with one attached hydrogen (secondary N) is 1. The fourth-order valence-electron chi connectivity index (χ4n) is 3.35. The van der Waals surface area contributed by atoms with Crippen molar-refractivity contribution >= 4 is 62.3 Å². The van der Waals surface area contributed by atoms with E-state index in [0.29, 0.717) is 26.2 Å². The van der Waals surface area contributed by atoms with E-state index in [0.717, 1.165) is 10.6 Å². The third-order valence-electron chi connectivity index (χ3n) is 5.21. The van der Waals surface area contributed by atoms with Gasteiger partial charge in [-0.15, -0.1) is 0 Å². The van der Waals surface area contributed by atoms with Crippen LogP contribution < -0.4 is 9.62 Å². The van der Waals surface area contributed by atoms with Crippen LogP contribution in [0.3, 0.4) is 0 Å². The zero-order valence-electron chi connectivity index (χ0n) is 20.5. The summed E-state index contributed by atoms with van der Waals surface area (Å²) in [7, 11) is -3.86. The first-order valence-corrected chi connectivity index (χ1v) is 13.8. The molecule has 0 saturated carbocycles. The molecule has 0 fully saturated rings. The van der Waals surface area contributed by atoms with Crippen LogP contribution in [0.5, 0.6) is 0 Å². The summed E-state index contributed by atoms with van der Waals surface area (Å²) in [5.41, 5.74) is 0.821. The number of nitrogens with zero attached hydrogens (tertiary/aromatic N) is 2. The van der Waals surface area contributed by atoms with E-state index in [1.165, 1.54) is 4.90 Å². The van der Waals surface area contributed by atoms with Crippen LogP contribution in [0.15, 0.2) is 36.4 Å². The molecule has 192 valence electrons. The molecular formula is C24H30Cl3N3O4S. The molecule has 0 saturated heterocycles. The van der Waals surface area contributed by atoms with Crippen LogP contribution in [0.25, 0.3) is 0 Å². The van der Waals surface area contributed by atoms with Gasteiger partial charge in [-0.2, -0.15) is 0 Å². The summed E-state index contributed by atoms with van der Waals surface area (Å²) < 4.78 is 26.4. The molecule has 2 aromatic rings. The molecule has 0 aromatic heterocycles. The Balaban J connectivity index is 2.49. The van der Waals surface area contributed by atoms with Gasteiger partial charge < -0.3 is 10.2 Å². The first-order valence-electron chi connectivity index (χ1n) is 10.8. The molecule has 2 amide bonds. The topological polar surface area (TPSA) is 86.8 Å². The molecule has 0 bridgehead atoms. The SMILES string of the molecule is Cc1c(Cl)cccc1N(CC(=O)N(Cc1ccc(Cl)cc1Cl)[C@@H](C)C(=O)NC(C)(C)C)S(C)(=O)=O. The molecular weight excluding hydrogens is 533 g/mol. The minimum absolute atomic E-state index is 0.0281. The fraction of sp³-hybridized carbons (Fsp3) is 0.417. The summed E-state index contributed by atoms with van der Waals surface area (Å²) in [5.74, 6) is -0.974. The molecule has 1 atom stereocenters. The third kappa shape index (κ3) is 8.00. The lowest BCUT2D eigenvalue weighted by molar-refractivity contribution is -0.140. The quantitative estimate of drug-likeness (QED) is 0.488. The van der Waals surface area contributed by atoms with Crippen LogP contribution in [0.4, 0.5) is 5.69 Å². The van der Waals surface area contributed by atoms with Crippen LogP contribution in [0.2, 0.25) is 15.1 Å². The number of rotatable bonds is 8. The number of anilines is 1. The molecule has 0 aliphatic rings. The average Bonchev–Trinajstić information content (AvgIpc) is 2.71. The first-order chi connectivity index (χ1) is 16.0. The van der Waals surface area contributed by atoms with E-state index >= 15 is 0 Å². The monoisotopic (exact) mass is 561 g/mol. The number of hydrogen-bond donors (Lipinski definition) is 1. The smallest absolute Gasteiger partial charge is 0.244 e. The van der Waals surface area contributed by atoms with Crippen molar-refractivity contribution in [2.24, 2.45) is 0 Å². The van der Waals surface area contributed by atoms with Crippen molar-refractivity contribution in [1.82, 2.24) is 10.2 Å². The van der Waals surface area contributed by atoms with Gasteiger partial charge in [0.2, 0.25) is 21.8 Å². The zero-order valence-corrected chi connectivity index (χ0v) is 23.6. The lowest BCUT2D eigenvalue weighted by Gasteiger charge is -2.33. The number of sulfonamides is 1. The minimum atomic E-state index is -3.86. The second-order valence-electron chi connectivity index (χ2n) is 9.33. The second kappa shape index (κ2) is 11.4. The average molecular weight is 563 g/mol. The molecule has 11 heteroatoms. The lowest BCUT2D eigenvalue weighted by atomic mass is 10.1. The molecule has 0 spiro atoms. The number of benzene rings is 2. The Labute approximate surface area is 222 Å². The molecule has 35 heavy (non-hydrogen) atoms. The number of amides is 2. The largest absolute Gasteiger partial charge is 0.350 e.